The number of methoxy groups -OCH3 is 1. The average molecular weight is 202 g/mol. The van der Waals surface area contributed by atoms with Crippen LogP contribution in [0.2, 0.25) is 0 Å². The molecular formula is C14H18O. The molecular weight excluding hydrogens is 184 g/mol. The molecule has 1 aromatic rings. The monoisotopic (exact) mass is 202 g/mol. The van der Waals surface area contributed by atoms with E-state index in [1.165, 1.54) is 24.0 Å². The Morgan fingerprint density at radius 2 is 1.87 bits per heavy atom. The summed E-state index contributed by atoms with van der Waals surface area (Å²) in [5, 5.41) is 0. The molecule has 1 heteroatoms. The Morgan fingerprint density at radius 1 is 1.27 bits per heavy atom. The summed E-state index contributed by atoms with van der Waals surface area (Å²) in [5.74, 6) is 0.928. The number of hydrogen-bond acceptors (Lipinski definition) is 1. The Morgan fingerprint density at radius 3 is 2.33 bits per heavy atom. The van der Waals surface area contributed by atoms with Crippen molar-refractivity contribution in [2.24, 2.45) is 5.41 Å². The first kappa shape index (κ1) is 10.3. The second-order valence-electron chi connectivity index (χ2n) is 4.58. The van der Waals surface area contributed by atoms with Gasteiger partial charge in [-0.1, -0.05) is 32.1 Å². The number of ether oxygens (including phenoxy) is 1. The predicted octanol–water partition coefficient (Wildman–Crippen LogP) is 3.90. The highest BCUT2D eigenvalue weighted by Crippen LogP contribution is 2.46. The zero-order chi connectivity index (χ0) is 10.9. The van der Waals surface area contributed by atoms with Crippen LogP contribution in [0.5, 0.6) is 5.75 Å². The summed E-state index contributed by atoms with van der Waals surface area (Å²) in [6, 6.07) is 8.33. The minimum absolute atomic E-state index is 0.440. The Hall–Kier alpha value is -1.24. The van der Waals surface area contributed by atoms with Gasteiger partial charge >= 0.3 is 0 Å². The van der Waals surface area contributed by atoms with Gasteiger partial charge in [0.05, 0.1) is 7.11 Å². The number of rotatable bonds is 3. The standard InChI is InChI=1S/C14H18O/c1-4-14(2)9-12(10-14)11-5-7-13(15-3)8-6-11/h5-9H,4,10H2,1-3H3/t14-/m1/s1. The number of hydrogen-bond donors (Lipinski definition) is 0. The molecule has 1 aliphatic rings. The van der Waals surface area contributed by atoms with Gasteiger partial charge in [-0.15, -0.1) is 0 Å². The number of benzene rings is 1. The Bertz CT molecular complexity index is 375. The molecule has 0 fully saturated rings. The molecule has 0 bridgehead atoms. The topological polar surface area (TPSA) is 9.23 Å². The third-order valence-electron chi connectivity index (χ3n) is 3.39. The molecule has 1 aliphatic carbocycles. The summed E-state index contributed by atoms with van der Waals surface area (Å²) in [7, 11) is 1.70. The first-order chi connectivity index (χ1) is 7.17. The van der Waals surface area contributed by atoms with Crippen LogP contribution in [-0.2, 0) is 0 Å². The van der Waals surface area contributed by atoms with Crippen molar-refractivity contribution in [1.29, 1.82) is 0 Å². The van der Waals surface area contributed by atoms with Gasteiger partial charge in [-0.25, -0.2) is 0 Å². The summed E-state index contributed by atoms with van der Waals surface area (Å²) < 4.78 is 5.14. The fourth-order valence-electron chi connectivity index (χ4n) is 2.04. The van der Waals surface area contributed by atoms with Crippen LogP contribution in [0.3, 0.4) is 0 Å². The average Bonchev–Trinajstić information content (AvgIpc) is 2.25. The molecule has 0 N–H and O–H groups in total. The first-order valence-electron chi connectivity index (χ1n) is 5.53. The van der Waals surface area contributed by atoms with E-state index in [1.807, 2.05) is 12.1 Å². The summed E-state index contributed by atoms with van der Waals surface area (Å²) in [6.45, 7) is 4.57. The largest absolute Gasteiger partial charge is 0.497 e. The molecule has 0 unspecified atom stereocenters. The zero-order valence-corrected chi connectivity index (χ0v) is 9.71. The van der Waals surface area contributed by atoms with E-state index in [0.29, 0.717) is 5.41 Å². The van der Waals surface area contributed by atoms with Gasteiger partial charge in [0.25, 0.3) is 0 Å². The normalized spacial score (nSPS) is 24.3. The molecule has 0 saturated carbocycles. The van der Waals surface area contributed by atoms with Crippen LogP contribution in [0.1, 0.15) is 32.3 Å². The lowest BCUT2D eigenvalue weighted by Gasteiger charge is -2.36. The van der Waals surface area contributed by atoms with Crippen LogP contribution >= 0.6 is 0 Å². The summed E-state index contributed by atoms with van der Waals surface area (Å²) in [6.07, 6.45) is 4.83. The van der Waals surface area contributed by atoms with Crippen LogP contribution in [0, 0.1) is 5.41 Å². The van der Waals surface area contributed by atoms with Crippen LogP contribution in [0.15, 0.2) is 30.3 Å². The SMILES string of the molecule is CC[C@]1(C)C=C(c2ccc(OC)cc2)C1. The second kappa shape index (κ2) is 3.73. The van der Waals surface area contributed by atoms with E-state index in [9.17, 15) is 0 Å². The molecule has 1 atom stereocenters. The lowest BCUT2D eigenvalue weighted by atomic mass is 9.69. The van der Waals surface area contributed by atoms with Crippen LogP contribution in [0.25, 0.3) is 5.57 Å². The van der Waals surface area contributed by atoms with Gasteiger partial charge in [0, 0.05) is 0 Å². The molecule has 0 spiro atoms. The van der Waals surface area contributed by atoms with Crippen molar-refractivity contribution in [2.45, 2.75) is 26.7 Å². The second-order valence-corrected chi connectivity index (χ2v) is 4.58. The van der Waals surface area contributed by atoms with E-state index in [2.05, 4.69) is 32.1 Å². The first-order valence-corrected chi connectivity index (χ1v) is 5.53. The van der Waals surface area contributed by atoms with Crippen molar-refractivity contribution in [3.8, 4) is 5.75 Å². The highest BCUT2D eigenvalue weighted by molar-refractivity contribution is 5.72. The molecule has 0 heterocycles. The van der Waals surface area contributed by atoms with Crippen molar-refractivity contribution in [3.05, 3.63) is 35.9 Å². The third kappa shape index (κ3) is 1.92. The zero-order valence-electron chi connectivity index (χ0n) is 9.71. The predicted molar refractivity (Wildman–Crippen MR) is 64.0 cm³/mol. The fourth-order valence-corrected chi connectivity index (χ4v) is 2.04. The maximum absolute atomic E-state index is 5.14. The van der Waals surface area contributed by atoms with Gasteiger partial charge < -0.3 is 4.74 Å². The van der Waals surface area contributed by atoms with E-state index in [0.717, 1.165) is 5.75 Å². The Labute approximate surface area is 91.8 Å². The molecule has 15 heavy (non-hydrogen) atoms. The van der Waals surface area contributed by atoms with Gasteiger partial charge in [0.2, 0.25) is 0 Å². The molecule has 0 amide bonds. The Balaban J connectivity index is 2.16. The lowest BCUT2D eigenvalue weighted by Crippen LogP contribution is -2.21. The van der Waals surface area contributed by atoms with Crippen molar-refractivity contribution >= 4 is 5.57 Å². The van der Waals surface area contributed by atoms with Gasteiger partial charge in [0.1, 0.15) is 5.75 Å². The highest BCUT2D eigenvalue weighted by atomic mass is 16.5. The number of allylic oxidation sites excluding steroid dienone is 2. The smallest absolute Gasteiger partial charge is 0.118 e. The van der Waals surface area contributed by atoms with E-state index in [4.69, 9.17) is 4.74 Å². The maximum atomic E-state index is 5.14. The van der Waals surface area contributed by atoms with Gasteiger partial charge in [-0.3, -0.25) is 0 Å². The van der Waals surface area contributed by atoms with E-state index in [1.54, 1.807) is 7.11 Å². The van der Waals surface area contributed by atoms with Crippen molar-refractivity contribution in [3.63, 3.8) is 0 Å². The molecule has 2 rings (SSSR count). The third-order valence-corrected chi connectivity index (χ3v) is 3.39. The minimum Gasteiger partial charge on any atom is -0.497 e. The van der Waals surface area contributed by atoms with Gasteiger partial charge in [-0.05, 0) is 41.5 Å². The van der Waals surface area contributed by atoms with Crippen LogP contribution in [-0.4, -0.2) is 7.11 Å². The maximum Gasteiger partial charge on any atom is 0.118 e. The molecule has 0 radical (unpaired) electrons. The molecule has 0 aromatic heterocycles. The van der Waals surface area contributed by atoms with Gasteiger partial charge in [0.15, 0.2) is 0 Å². The van der Waals surface area contributed by atoms with E-state index in [-0.39, 0.29) is 0 Å². The summed E-state index contributed by atoms with van der Waals surface area (Å²) in [4.78, 5) is 0. The quantitative estimate of drug-likeness (QED) is 0.722. The van der Waals surface area contributed by atoms with Crippen molar-refractivity contribution in [1.82, 2.24) is 0 Å². The fraction of sp³-hybridized carbons (Fsp3) is 0.429. The summed E-state index contributed by atoms with van der Waals surface area (Å²) >= 11 is 0. The molecule has 1 nitrogen and oxygen atoms in total. The summed E-state index contributed by atoms with van der Waals surface area (Å²) in [5.41, 5.74) is 3.25. The molecule has 1 aromatic carbocycles. The van der Waals surface area contributed by atoms with Crippen LogP contribution < -0.4 is 4.74 Å². The van der Waals surface area contributed by atoms with E-state index >= 15 is 0 Å². The Kier molecular flexibility index (Phi) is 2.56. The molecule has 0 saturated heterocycles. The molecule has 80 valence electrons. The highest BCUT2D eigenvalue weighted by Gasteiger charge is 2.30. The molecule has 0 aliphatic heterocycles. The minimum atomic E-state index is 0.440. The van der Waals surface area contributed by atoms with Crippen molar-refractivity contribution in [2.75, 3.05) is 7.11 Å². The lowest BCUT2D eigenvalue weighted by molar-refractivity contribution is 0.390. The van der Waals surface area contributed by atoms with Crippen molar-refractivity contribution < 1.29 is 4.74 Å². The van der Waals surface area contributed by atoms with E-state index < -0.39 is 0 Å². The van der Waals surface area contributed by atoms with Gasteiger partial charge in [-0.2, -0.15) is 0 Å². The van der Waals surface area contributed by atoms with Crippen LogP contribution in [0.4, 0.5) is 0 Å².